The van der Waals surface area contributed by atoms with Crippen molar-refractivity contribution in [1.82, 2.24) is 4.90 Å². The van der Waals surface area contributed by atoms with E-state index in [2.05, 4.69) is 0 Å². The molecule has 0 aliphatic rings. The molecule has 0 saturated heterocycles. The summed E-state index contributed by atoms with van der Waals surface area (Å²) in [5, 5.41) is 10.9. The highest BCUT2D eigenvalue weighted by atomic mass is 35.5. The van der Waals surface area contributed by atoms with Crippen LogP contribution in [0.15, 0.2) is 24.3 Å². The fraction of sp³-hybridized carbons (Fsp3) is 0.455. The smallest absolute Gasteiger partial charge is 0.0994 e. The third-order valence-electron chi connectivity index (χ3n) is 2.09. The van der Waals surface area contributed by atoms with Crippen LogP contribution in [0.5, 0.6) is 0 Å². The molecule has 0 heterocycles. The van der Waals surface area contributed by atoms with Crippen LogP contribution < -0.4 is 0 Å². The van der Waals surface area contributed by atoms with E-state index in [-0.39, 0.29) is 0 Å². The predicted octanol–water partition coefficient (Wildman–Crippen LogP) is 2.11. The van der Waals surface area contributed by atoms with E-state index >= 15 is 0 Å². The molecule has 1 atom stereocenters. The highest BCUT2D eigenvalue weighted by Crippen LogP contribution is 2.22. The summed E-state index contributed by atoms with van der Waals surface area (Å²) >= 11 is 5.78. The van der Waals surface area contributed by atoms with Gasteiger partial charge in [0, 0.05) is 11.6 Å². The monoisotopic (exact) mass is 213 g/mol. The van der Waals surface area contributed by atoms with Crippen molar-refractivity contribution in [2.45, 2.75) is 12.5 Å². The second kappa shape index (κ2) is 4.30. The lowest BCUT2D eigenvalue weighted by atomic mass is 9.96. The Labute approximate surface area is 90.1 Å². The minimum atomic E-state index is -0.825. The molecule has 1 rings (SSSR count). The molecule has 0 aliphatic heterocycles. The fourth-order valence-electron chi connectivity index (χ4n) is 1.52. The van der Waals surface area contributed by atoms with Gasteiger partial charge in [-0.3, -0.25) is 0 Å². The van der Waals surface area contributed by atoms with Crippen LogP contribution in [0.3, 0.4) is 0 Å². The second-order valence-corrected chi connectivity index (χ2v) is 4.45. The Morgan fingerprint density at radius 1 is 1.29 bits per heavy atom. The van der Waals surface area contributed by atoms with Crippen LogP contribution in [0.1, 0.15) is 12.5 Å². The normalized spacial score (nSPS) is 15.6. The standard InChI is InChI=1S/C11H16ClNO/c1-11(14,8-13(2)3)9-4-6-10(12)7-5-9/h4-7,14H,8H2,1-3H3. The lowest BCUT2D eigenvalue weighted by Crippen LogP contribution is -2.34. The van der Waals surface area contributed by atoms with Crippen LogP contribution in [0.25, 0.3) is 0 Å². The largest absolute Gasteiger partial charge is 0.384 e. The maximum Gasteiger partial charge on any atom is 0.0994 e. The SMILES string of the molecule is CN(C)CC(C)(O)c1ccc(Cl)cc1. The quantitative estimate of drug-likeness (QED) is 0.832. The van der Waals surface area contributed by atoms with Crippen molar-refractivity contribution in [3.63, 3.8) is 0 Å². The summed E-state index contributed by atoms with van der Waals surface area (Å²) in [5.74, 6) is 0. The first-order valence-corrected chi connectivity index (χ1v) is 4.93. The van der Waals surface area contributed by atoms with E-state index in [9.17, 15) is 5.11 Å². The van der Waals surface area contributed by atoms with Crippen molar-refractivity contribution >= 4 is 11.6 Å². The van der Waals surface area contributed by atoms with Crippen LogP contribution in [-0.4, -0.2) is 30.6 Å². The molecule has 1 N–H and O–H groups in total. The molecule has 14 heavy (non-hydrogen) atoms. The van der Waals surface area contributed by atoms with Gasteiger partial charge in [0.05, 0.1) is 5.60 Å². The van der Waals surface area contributed by atoms with E-state index in [1.54, 1.807) is 19.1 Å². The first-order valence-electron chi connectivity index (χ1n) is 4.55. The van der Waals surface area contributed by atoms with Crippen LogP contribution in [0.4, 0.5) is 0 Å². The highest BCUT2D eigenvalue weighted by molar-refractivity contribution is 6.30. The summed E-state index contributed by atoms with van der Waals surface area (Å²) < 4.78 is 0. The van der Waals surface area contributed by atoms with Crippen molar-refractivity contribution < 1.29 is 5.11 Å². The number of hydrogen-bond donors (Lipinski definition) is 1. The minimum absolute atomic E-state index is 0.592. The van der Waals surface area contributed by atoms with E-state index in [0.717, 1.165) is 5.56 Å². The summed E-state index contributed by atoms with van der Waals surface area (Å²) in [6.07, 6.45) is 0. The van der Waals surface area contributed by atoms with Crippen molar-refractivity contribution in [2.75, 3.05) is 20.6 Å². The molecule has 3 heteroatoms. The van der Waals surface area contributed by atoms with Gasteiger partial charge in [-0.05, 0) is 38.7 Å². The lowest BCUT2D eigenvalue weighted by molar-refractivity contribution is 0.0300. The Hall–Kier alpha value is -0.570. The van der Waals surface area contributed by atoms with Crippen LogP contribution >= 0.6 is 11.6 Å². The number of nitrogens with zero attached hydrogens (tertiary/aromatic N) is 1. The Balaban J connectivity index is 2.86. The molecule has 78 valence electrons. The first-order chi connectivity index (χ1) is 6.42. The van der Waals surface area contributed by atoms with Crippen molar-refractivity contribution in [1.29, 1.82) is 0 Å². The maximum atomic E-state index is 10.2. The molecular formula is C11H16ClNO. The molecule has 0 aromatic heterocycles. The molecule has 0 spiro atoms. The Morgan fingerprint density at radius 2 is 1.79 bits per heavy atom. The number of likely N-dealkylation sites (N-methyl/N-ethyl adjacent to an activating group) is 1. The zero-order chi connectivity index (χ0) is 10.8. The summed E-state index contributed by atoms with van der Waals surface area (Å²) in [6, 6.07) is 7.29. The molecule has 0 aliphatic carbocycles. The second-order valence-electron chi connectivity index (χ2n) is 4.02. The molecular weight excluding hydrogens is 198 g/mol. The van der Waals surface area contributed by atoms with E-state index in [4.69, 9.17) is 11.6 Å². The van der Waals surface area contributed by atoms with Gasteiger partial charge in [-0.25, -0.2) is 0 Å². The maximum absolute atomic E-state index is 10.2. The molecule has 0 radical (unpaired) electrons. The van der Waals surface area contributed by atoms with Gasteiger partial charge in [0.1, 0.15) is 0 Å². The van der Waals surface area contributed by atoms with Gasteiger partial charge < -0.3 is 10.0 Å². The van der Waals surface area contributed by atoms with E-state index in [1.807, 2.05) is 31.1 Å². The summed E-state index contributed by atoms with van der Waals surface area (Å²) in [5.41, 5.74) is 0.0595. The molecule has 1 aromatic carbocycles. The molecule has 2 nitrogen and oxygen atoms in total. The van der Waals surface area contributed by atoms with E-state index in [0.29, 0.717) is 11.6 Å². The molecule has 1 aromatic rings. The van der Waals surface area contributed by atoms with Gasteiger partial charge >= 0.3 is 0 Å². The molecule has 0 amide bonds. The number of aliphatic hydroxyl groups is 1. The summed E-state index contributed by atoms with van der Waals surface area (Å²) in [6.45, 7) is 2.39. The molecule has 0 fully saturated rings. The zero-order valence-electron chi connectivity index (χ0n) is 8.79. The third kappa shape index (κ3) is 2.98. The van der Waals surface area contributed by atoms with Crippen LogP contribution in [0.2, 0.25) is 5.02 Å². The van der Waals surface area contributed by atoms with Crippen LogP contribution in [-0.2, 0) is 5.60 Å². The average Bonchev–Trinajstić information content (AvgIpc) is 2.02. The Morgan fingerprint density at radius 3 is 2.21 bits per heavy atom. The fourth-order valence-corrected chi connectivity index (χ4v) is 1.64. The topological polar surface area (TPSA) is 23.5 Å². The minimum Gasteiger partial charge on any atom is -0.384 e. The number of halogens is 1. The van der Waals surface area contributed by atoms with Gasteiger partial charge in [0.2, 0.25) is 0 Å². The van der Waals surface area contributed by atoms with Gasteiger partial charge in [-0.2, -0.15) is 0 Å². The van der Waals surface area contributed by atoms with Crippen molar-refractivity contribution in [3.05, 3.63) is 34.9 Å². The number of benzene rings is 1. The lowest BCUT2D eigenvalue weighted by Gasteiger charge is -2.27. The third-order valence-corrected chi connectivity index (χ3v) is 2.34. The van der Waals surface area contributed by atoms with E-state index in [1.165, 1.54) is 0 Å². The van der Waals surface area contributed by atoms with E-state index < -0.39 is 5.60 Å². The molecule has 1 unspecified atom stereocenters. The number of hydrogen-bond acceptors (Lipinski definition) is 2. The van der Waals surface area contributed by atoms with Gasteiger partial charge in [-0.1, -0.05) is 23.7 Å². The average molecular weight is 214 g/mol. The number of rotatable bonds is 3. The van der Waals surface area contributed by atoms with Crippen molar-refractivity contribution in [2.24, 2.45) is 0 Å². The van der Waals surface area contributed by atoms with Gasteiger partial charge in [-0.15, -0.1) is 0 Å². The predicted molar refractivity (Wildman–Crippen MR) is 59.6 cm³/mol. The summed E-state index contributed by atoms with van der Waals surface area (Å²) in [7, 11) is 3.87. The zero-order valence-corrected chi connectivity index (χ0v) is 9.54. The molecule has 0 bridgehead atoms. The van der Waals surface area contributed by atoms with Gasteiger partial charge in [0.25, 0.3) is 0 Å². The summed E-state index contributed by atoms with van der Waals surface area (Å²) in [4.78, 5) is 1.95. The van der Waals surface area contributed by atoms with Crippen LogP contribution in [0, 0.1) is 0 Å². The van der Waals surface area contributed by atoms with Crippen molar-refractivity contribution in [3.8, 4) is 0 Å². The Bertz CT molecular complexity index is 293. The molecule has 0 saturated carbocycles. The van der Waals surface area contributed by atoms with Gasteiger partial charge in [0.15, 0.2) is 0 Å². The first kappa shape index (κ1) is 11.5. The Kier molecular flexibility index (Phi) is 3.53. The highest BCUT2D eigenvalue weighted by Gasteiger charge is 2.23.